The molecule has 152 valence electrons. The molecule has 3 rings (SSSR count). The van der Waals surface area contributed by atoms with Crippen molar-refractivity contribution < 1.29 is 24.6 Å². The first-order chi connectivity index (χ1) is 14.0. The number of carbonyl (C=O) groups is 3. The van der Waals surface area contributed by atoms with Gasteiger partial charge in [-0.1, -0.05) is 42.5 Å². The van der Waals surface area contributed by atoms with Crippen LogP contribution in [0.15, 0.2) is 54.6 Å². The van der Waals surface area contributed by atoms with Crippen molar-refractivity contribution in [3.05, 3.63) is 65.7 Å². The fraction of sp³-hybridized carbons (Fsp3) is 0.286. The molecular weight excluding hydrogens is 374 g/mol. The van der Waals surface area contributed by atoms with Crippen LogP contribution in [0.3, 0.4) is 0 Å². The second kappa shape index (κ2) is 9.20. The number of benzene rings is 2. The van der Waals surface area contributed by atoms with Gasteiger partial charge in [0.05, 0.1) is 19.2 Å². The number of carboxylic acids is 1. The van der Waals surface area contributed by atoms with Crippen molar-refractivity contribution >= 4 is 23.6 Å². The van der Waals surface area contributed by atoms with Crippen molar-refractivity contribution in [1.82, 2.24) is 10.2 Å². The highest BCUT2D eigenvalue weighted by molar-refractivity contribution is 5.93. The van der Waals surface area contributed by atoms with Crippen LogP contribution >= 0.6 is 0 Å². The Hall–Kier alpha value is -3.39. The van der Waals surface area contributed by atoms with Gasteiger partial charge < -0.3 is 25.7 Å². The molecule has 29 heavy (non-hydrogen) atoms. The largest absolute Gasteiger partial charge is 0.480 e. The minimum atomic E-state index is -1.05. The highest BCUT2D eigenvalue weighted by Crippen LogP contribution is 2.36. The molecule has 3 amide bonds. The van der Waals surface area contributed by atoms with Crippen molar-refractivity contribution in [3.63, 3.8) is 0 Å². The van der Waals surface area contributed by atoms with Gasteiger partial charge in [-0.25, -0.2) is 9.59 Å². The predicted octanol–water partition coefficient (Wildman–Crippen LogP) is 2.12. The number of urea groups is 1. The lowest BCUT2D eigenvalue weighted by Crippen LogP contribution is -2.47. The van der Waals surface area contributed by atoms with Crippen LogP contribution in [-0.4, -0.2) is 45.6 Å². The summed E-state index contributed by atoms with van der Waals surface area (Å²) in [7, 11) is 0. The molecule has 1 aliphatic rings. The summed E-state index contributed by atoms with van der Waals surface area (Å²) in [5, 5.41) is 23.7. The van der Waals surface area contributed by atoms with Crippen LogP contribution < -0.4 is 10.6 Å². The molecule has 2 atom stereocenters. The van der Waals surface area contributed by atoms with E-state index in [-0.39, 0.29) is 19.2 Å². The number of likely N-dealkylation sites (tertiary alicyclic amines) is 1. The number of anilines is 1. The van der Waals surface area contributed by atoms with E-state index in [1.165, 1.54) is 4.90 Å². The van der Waals surface area contributed by atoms with Crippen LogP contribution in [0, 0.1) is 0 Å². The van der Waals surface area contributed by atoms with E-state index >= 15 is 0 Å². The molecule has 0 aromatic heterocycles. The fourth-order valence-electron chi connectivity index (χ4n) is 3.57. The fourth-order valence-corrected chi connectivity index (χ4v) is 3.57. The number of aliphatic hydroxyl groups excluding tert-OH is 1. The first kappa shape index (κ1) is 20.3. The second-order valence-electron chi connectivity index (χ2n) is 6.83. The molecule has 0 spiro atoms. The topological polar surface area (TPSA) is 119 Å². The third-order valence-electron chi connectivity index (χ3n) is 4.91. The van der Waals surface area contributed by atoms with Crippen LogP contribution in [0.5, 0.6) is 0 Å². The van der Waals surface area contributed by atoms with Gasteiger partial charge in [-0.15, -0.1) is 0 Å². The molecular formula is C21H23N3O5. The molecule has 2 aromatic rings. The molecule has 0 bridgehead atoms. The van der Waals surface area contributed by atoms with E-state index < -0.39 is 23.9 Å². The molecule has 0 aliphatic carbocycles. The minimum Gasteiger partial charge on any atom is -0.480 e. The monoisotopic (exact) mass is 397 g/mol. The Bertz CT molecular complexity index is 887. The van der Waals surface area contributed by atoms with Gasteiger partial charge >= 0.3 is 12.0 Å². The zero-order valence-corrected chi connectivity index (χ0v) is 15.7. The highest BCUT2D eigenvalue weighted by atomic mass is 16.4. The molecule has 0 saturated carbocycles. The number of nitrogens with zero attached hydrogens (tertiary/aromatic N) is 1. The Kier molecular flexibility index (Phi) is 6.46. The lowest BCUT2D eigenvalue weighted by Gasteiger charge is -2.28. The Morgan fingerprint density at radius 1 is 1.03 bits per heavy atom. The first-order valence-electron chi connectivity index (χ1n) is 9.33. The maximum atomic E-state index is 12.8. The number of carbonyl (C=O) groups excluding carboxylic acids is 2. The summed E-state index contributed by atoms with van der Waals surface area (Å²) in [6.45, 7) is -0.472. The lowest BCUT2D eigenvalue weighted by atomic mass is 10.0. The van der Waals surface area contributed by atoms with Crippen molar-refractivity contribution in [2.45, 2.75) is 31.5 Å². The van der Waals surface area contributed by atoms with Gasteiger partial charge in [-0.05, 0) is 36.1 Å². The molecule has 1 unspecified atom stereocenters. The van der Waals surface area contributed by atoms with Crippen LogP contribution in [0.25, 0.3) is 0 Å². The van der Waals surface area contributed by atoms with E-state index in [1.54, 1.807) is 24.3 Å². The third kappa shape index (κ3) is 4.91. The molecule has 8 heteroatoms. The van der Waals surface area contributed by atoms with Crippen molar-refractivity contribution in [2.24, 2.45) is 0 Å². The summed E-state index contributed by atoms with van der Waals surface area (Å²) in [4.78, 5) is 37.9. The summed E-state index contributed by atoms with van der Waals surface area (Å²) in [5.41, 5.74) is 1.99. The summed E-state index contributed by atoms with van der Waals surface area (Å²) in [5.74, 6) is -1.51. The van der Waals surface area contributed by atoms with Crippen LogP contribution in [0.4, 0.5) is 10.5 Å². The molecule has 1 fully saturated rings. The van der Waals surface area contributed by atoms with E-state index in [2.05, 4.69) is 10.6 Å². The Morgan fingerprint density at radius 2 is 1.79 bits per heavy atom. The number of nitrogens with one attached hydrogen (secondary N) is 2. The summed E-state index contributed by atoms with van der Waals surface area (Å²) < 4.78 is 0. The minimum absolute atomic E-state index is 0.151. The smallest absolute Gasteiger partial charge is 0.326 e. The number of rotatable bonds is 6. The lowest BCUT2D eigenvalue weighted by molar-refractivity contribution is -0.149. The maximum Gasteiger partial charge on any atom is 0.326 e. The Morgan fingerprint density at radius 3 is 2.48 bits per heavy atom. The van der Waals surface area contributed by atoms with Crippen LogP contribution in [-0.2, 0) is 16.2 Å². The number of carboxylic acid groups (broad SMARTS) is 1. The van der Waals surface area contributed by atoms with E-state index in [9.17, 15) is 19.5 Å². The average molecular weight is 397 g/mol. The van der Waals surface area contributed by atoms with Gasteiger partial charge in [0, 0.05) is 5.69 Å². The van der Waals surface area contributed by atoms with E-state index in [0.717, 1.165) is 5.56 Å². The number of amides is 3. The van der Waals surface area contributed by atoms with Crippen LogP contribution in [0.1, 0.15) is 30.0 Å². The average Bonchev–Trinajstić information content (AvgIpc) is 3.18. The van der Waals surface area contributed by atoms with Gasteiger partial charge in [0.2, 0.25) is 5.91 Å². The zero-order chi connectivity index (χ0) is 20.8. The number of aliphatic carboxylic acids is 1. The molecule has 8 nitrogen and oxygen atoms in total. The molecule has 4 N–H and O–H groups in total. The van der Waals surface area contributed by atoms with E-state index in [4.69, 9.17) is 5.11 Å². The predicted molar refractivity (Wildman–Crippen MR) is 106 cm³/mol. The van der Waals surface area contributed by atoms with Crippen molar-refractivity contribution in [3.8, 4) is 0 Å². The summed E-state index contributed by atoms with van der Waals surface area (Å²) in [6.07, 6.45) is 0.910. The number of aliphatic hydroxyl groups is 1. The molecule has 1 heterocycles. The summed E-state index contributed by atoms with van der Waals surface area (Å²) in [6, 6.07) is 14.1. The Balaban J connectivity index is 1.65. The van der Waals surface area contributed by atoms with Crippen molar-refractivity contribution in [2.75, 3.05) is 11.9 Å². The second-order valence-corrected chi connectivity index (χ2v) is 6.83. The number of hydrogen-bond acceptors (Lipinski definition) is 4. The molecule has 2 aromatic carbocycles. The summed E-state index contributed by atoms with van der Waals surface area (Å²) >= 11 is 0. The quantitative estimate of drug-likeness (QED) is 0.595. The normalized spacial score (nSPS) is 18.3. The molecule has 0 radical (unpaired) electrons. The molecule has 1 saturated heterocycles. The zero-order valence-electron chi connectivity index (χ0n) is 15.7. The highest BCUT2D eigenvalue weighted by Gasteiger charge is 2.41. The first-order valence-corrected chi connectivity index (χ1v) is 9.33. The maximum absolute atomic E-state index is 12.8. The standard InChI is InChI=1S/C21H23N3O5/c25-13-14-5-4-8-16(11-14)23-21(29)22-12-19(26)24-17(9-10-18(24)20(27)28)15-6-2-1-3-7-15/h1-8,11,17-18,25H,9-10,12-13H2,(H,27,28)(H2,22,23,29)/t17?,18-/m0/s1. The van der Waals surface area contributed by atoms with Gasteiger partial charge in [0.1, 0.15) is 6.04 Å². The van der Waals surface area contributed by atoms with E-state index in [1.807, 2.05) is 30.3 Å². The van der Waals surface area contributed by atoms with Gasteiger partial charge in [-0.3, -0.25) is 4.79 Å². The van der Waals surface area contributed by atoms with E-state index in [0.29, 0.717) is 24.1 Å². The van der Waals surface area contributed by atoms with Gasteiger partial charge in [-0.2, -0.15) is 0 Å². The van der Waals surface area contributed by atoms with Crippen molar-refractivity contribution in [1.29, 1.82) is 0 Å². The van der Waals surface area contributed by atoms with Crippen LogP contribution in [0.2, 0.25) is 0 Å². The number of hydrogen-bond donors (Lipinski definition) is 4. The molecule has 1 aliphatic heterocycles. The third-order valence-corrected chi connectivity index (χ3v) is 4.91. The SMILES string of the molecule is O=C(NCC(=O)N1C(c2ccccc2)CC[C@H]1C(=O)O)Nc1cccc(CO)c1. The Labute approximate surface area is 168 Å². The van der Waals surface area contributed by atoms with Gasteiger partial charge in [0.25, 0.3) is 0 Å². The van der Waals surface area contributed by atoms with Gasteiger partial charge in [0.15, 0.2) is 0 Å².